The number of hydrogen-bond acceptors (Lipinski definition) is 3. The van der Waals surface area contributed by atoms with Crippen molar-refractivity contribution in [1.82, 2.24) is 15.1 Å². The molecule has 2 rings (SSSR count). The summed E-state index contributed by atoms with van der Waals surface area (Å²) in [6.45, 7) is 10.0. The van der Waals surface area contributed by atoms with Crippen LogP contribution in [-0.4, -0.2) is 34.1 Å². The Bertz CT molecular complexity index is 456. The minimum atomic E-state index is -0.0425. The van der Waals surface area contributed by atoms with Crippen LogP contribution >= 0.6 is 0 Å². The van der Waals surface area contributed by atoms with Crippen LogP contribution in [0.5, 0.6) is 0 Å². The van der Waals surface area contributed by atoms with Gasteiger partial charge in [-0.1, -0.05) is 27.7 Å². The number of H-pyrrole nitrogens is 1. The predicted octanol–water partition coefficient (Wildman–Crippen LogP) is 2.23. The Kier molecular flexibility index (Phi) is 3.83. The number of anilines is 1. The van der Waals surface area contributed by atoms with E-state index in [0.717, 1.165) is 18.8 Å². The van der Waals surface area contributed by atoms with Gasteiger partial charge in [0.25, 0.3) is 5.91 Å². The van der Waals surface area contributed by atoms with Gasteiger partial charge in [-0.25, -0.2) is 0 Å². The van der Waals surface area contributed by atoms with E-state index in [9.17, 15) is 4.79 Å². The highest BCUT2D eigenvalue weighted by Gasteiger charge is 2.29. The molecule has 106 valence electrons. The average Bonchev–Trinajstić information content (AvgIpc) is 2.69. The monoisotopic (exact) mass is 264 g/mol. The van der Waals surface area contributed by atoms with Gasteiger partial charge in [0.05, 0.1) is 11.4 Å². The summed E-state index contributed by atoms with van der Waals surface area (Å²) in [4.78, 5) is 14.4. The second-order valence-corrected chi connectivity index (χ2v) is 6.21. The van der Waals surface area contributed by atoms with Crippen molar-refractivity contribution in [2.24, 2.45) is 11.8 Å². The van der Waals surface area contributed by atoms with E-state index in [-0.39, 0.29) is 11.8 Å². The fourth-order valence-electron chi connectivity index (χ4n) is 2.95. The van der Waals surface area contributed by atoms with Gasteiger partial charge < -0.3 is 10.6 Å². The van der Waals surface area contributed by atoms with Crippen LogP contribution < -0.4 is 5.73 Å². The molecule has 5 heteroatoms. The molecule has 5 nitrogen and oxygen atoms in total. The molecule has 0 saturated carbocycles. The first-order valence-electron chi connectivity index (χ1n) is 7.03. The number of likely N-dealkylation sites (tertiary alicyclic amines) is 1. The summed E-state index contributed by atoms with van der Waals surface area (Å²) in [5.41, 5.74) is 7.77. The molecular weight excluding hydrogens is 240 g/mol. The predicted molar refractivity (Wildman–Crippen MR) is 75.9 cm³/mol. The number of nitrogens with two attached hydrogens (primary N) is 1. The van der Waals surface area contributed by atoms with E-state index < -0.39 is 0 Å². The molecule has 1 aliphatic heterocycles. The van der Waals surface area contributed by atoms with E-state index in [4.69, 9.17) is 5.73 Å². The van der Waals surface area contributed by atoms with Crippen LogP contribution in [0.2, 0.25) is 0 Å². The van der Waals surface area contributed by atoms with Crippen molar-refractivity contribution >= 4 is 11.6 Å². The summed E-state index contributed by atoms with van der Waals surface area (Å²) in [7, 11) is 0. The summed E-state index contributed by atoms with van der Waals surface area (Å²) >= 11 is 0. The van der Waals surface area contributed by atoms with Gasteiger partial charge in [-0.15, -0.1) is 0 Å². The first-order valence-corrected chi connectivity index (χ1v) is 7.03. The zero-order valence-electron chi connectivity index (χ0n) is 12.2. The van der Waals surface area contributed by atoms with Gasteiger partial charge in [-0.2, -0.15) is 5.10 Å². The van der Waals surface area contributed by atoms with Gasteiger partial charge in [0.15, 0.2) is 5.69 Å². The molecule has 1 aromatic heterocycles. The first kappa shape index (κ1) is 13.9. The summed E-state index contributed by atoms with van der Waals surface area (Å²) in [5, 5.41) is 7.01. The highest BCUT2D eigenvalue weighted by molar-refractivity contribution is 5.97. The van der Waals surface area contributed by atoms with E-state index in [1.54, 1.807) is 0 Å². The fraction of sp³-hybridized carbons (Fsp3) is 0.714. The molecule has 0 radical (unpaired) electrons. The fourth-order valence-corrected chi connectivity index (χ4v) is 2.95. The highest BCUT2D eigenvalue weighted by atomic mass is 16.2. The molecule has 1 fully saturated rings. The number of nitrogens with zero attached hydrogens (tertiary/aromatic N) is 2. The van der Waals surface area contributed by atoms with Gasteiger partial charge in [0.2, 0.25) is 0 Å². The molecule has 19 heavy (non-hydrogen) atoms. The number of piperidine rings is 1. The number of carbonyl (C=O) groups excluding carboxylic acids is 1. The van der Waals surface area contributed by atoms with Gasteiger partial charge >= 0.3 is 0 Å². The third kappa shape index (κ3) is 2.74. The second kappa shape index (κ2) is 5.23. The number of carbonyl (C=O) groups is 1. The van der Waals surface area contributed by atoms with Gasteiger partial charge in [0.1, 0.15) is 0 Å². The van der Waals surface area contributed by atoms with Crippen molar-refractivity contribution in [3.05, 3.63) is 11.4 Å². The minimum Gasteiger partial charge on any atom is -0.395 e. The quantitative estimate of drug-likeness (QED) is 0.860. The maximum Gasteiger partial charge on any atom is 0.276 e. The molecule has 0 aliphatic carbocycles. The number of nitrogen functional groups attached to an aromatic ring is 1. The number of rotatable bonds is 2. The molecule has 1 amide bonds. The zero-order chi connectivity index (χ0) is 14.2. The number of aromatic nitrogens is 2. The number of amides is 1. The van der Waals surface area contributed by atoms with E-state index >= 15 is 0 Å². The van der Waals surface area contributed by atoms with Crippen molar-refractivity contribution < 1.29 is 4.79 Å². The Balaban J connectivity index is 2.20. The van der Waals surface area contributed by atoms with Gasteiger partial charge in [-0.3, -0.25) is 9.89 Å². The molecule has 1 saturated heterocycles. The number of aromatic amines is 1. The van der Waals surface area contributed by atoms with Crippen LogP contribution in [0.25, 0.3) is 0 Å². The average molecular weight is 264 g/mol. The molecule has 1 aromatic rings. The Morgan fingerprint density at radius 2 is 1.95 bits per heavy atom. The minimum absolute atomic E-state index is 0.0425. The summed E-state index contributed by atoms with van der Waals surface area (Å²) in [6.07, 6.45) is 1.18. The first-order chi connectivity index (χ1) is 8.90. The zero-order valence-corrected chi connectivity index (χ0v) is 12.2. The van der Waals surface area contributed by atoms with Crippen LogP contribution in [-0.2, 0) is 0 Å². The maximum atomic E-state index is 12.5. The maximum absolute atomic E-state index is 12.5. The molecule has 2 heterocycles. The molecule has 0 bridgehead atoms. The van der Waals surface area contributed by atoms with Gasteiger partial charge in [-0.05, 0) is 24.2 Å². The third-order valence-corrected chi connectivity index (χ3v) is 3.77. The van der Waals surface area contributed by atoms with Crippen molar-refractivity contribution in [1.29, 1.82) is 0 Å². The van der Waals surface area contributed by atoms with Crippen LogP contribution in [0.15, 0.2) is 0 Å². The summed E-state index contributed by atoms with van der Waals surface area (Å²) in [6, 6.07) is 0. The van der Waals surface area contributed by atoms with E-state index in [1.807, 2.05) is 18.7 Å². The molecule has 2 atom stereocenters. The van der Waals surface area contributed by atoms with Crippen LogP contribution in [0.4, 0.5) is 5.69 Å². The van der Waals surface area contributed by atoms with Crippen molar-refractivity contribution in [3.8, 4) is 0 Å². The van der Waals surface area contributed by atoms with E-state index in [1.165, 1.54) is 6.42 Å². The second-order valence-electron chi connectivity index (χ2n) is 6.21. The van der Waals surface area contributed by atoms with E-state index in [2.05, 4.69) is 24.0 Å². The third-order valence-electron chi connectivity index (χ3n) is 3.77. The lowest BCUT2D eigenvalue weighted by molar-refractivity contribution is 0.0618. The Morgan fingerprint density at radius 3 is 2.42 bits per heavy atom. The molecular formula is C14H24N4O. The standard InChI is InChI=1S/C14H24N4O/c1-8(2)12-11(15)13(17-16-12)14(19)18-6-9(3)5-10(4)7-18/h8-10H,5-7,15H2,1-4H3,(H,16,17). The molecule has 2 unspecified atom stereocenters. The van der Waals surface area contributed by atoms with Crippen molar-refractivity contribution in [2.45, 2.75) is 40.0 Å². The molecule has 3 N–H and O–H groups in total. The highest BCUT2D eigenvalue weighted by Crippen LogP contribution is 2.26. The summed E-state index contributed by atoms with van der Waals surface area (Å²) < 4.78 is 0. The number of nitrogens with one attached hydrogen (secondary N) is 1. The van der Waals surface area contributed by atoms with Crippen LogP contribution in [0.3, 0.4) is 0 Å². The van der Waals surface area contributed by atoms with Gasteiger partial charge in [0, 0.05) is 13.1 Å². The number of hydrogen-bond donors (Lipinski definition) is 2. The van der Waals surface area contributed by atoms with Crippen molar-refractivity contribution in [3.63, 3.8) is 0 Å². The smallest absolute Gasteiger partial charge is 0.276 e. The van der Waals surface area contributed by atoms with Crippen molar-refractivity contribution in [2.75, 3.05) is 18.8 Å². The van der Waals surface area contributed by atoms with E-state index in [0.29, 0.717) is 23.2 Å². The Labute approximate surface area is 114 Å². The van der Waals surface area contributed by atoms with Crippen LogP contribution in [0.1, 0.15) is 56.2 Å². The van der Waals surface area contributed by atoms with Crippen LogP contribution in [0, 0.1) is 11.8 Å². The topological polar surface area (TPSA) is 75.0 Å². The Hall–Kier alpha value is -1.52. The lowest BCUT2D eigenvalue weighted by Gasteiger charge is -2.34. The SMILES string of the molecule is CC1CC(C)CN(C(=O)c2n[nH]c(C(C)C)c2N)C1. The molecule has 0 spiro atoms. The lowest BCUT2D eigenvalue weighted by atomic mass is 9.91. The molecule has 0 aromatic carbocycles. The molecule has 1 aliphatic rings. The largest absolute Gasteiger partial charge is 0.395 e. The lowest BCUT2D eigenvalue weighted by Crippen LogP contribution is -2.42. The summed E-state index contributed by atoms with van der Waals surface area (Å²) in [5.74, 6) is 1.28. The Morgan fingerprint density at radius 1 is 1.37 bits per heavy atom. The normalized spacial score (nSPS) is 23.9.